The van der Waals surface area contributed by atoms with Crippen molar-refractivity contribution in [2.75, 3.05) is 13.2 Å². The zero-order valence-corrected chi connectivity index (χ0v) is 38.5. The van der Waals surface area contributed by atoms with Crippen molar-refractivity contribution < 1.29 is 28.0 Å². The Morgan fingerprint density at radius 1 is 0.667 bits per heavy atom. The third-order valence-corrected chi connectivity index (χ3v) is 21.4. The first kappa shape index (κ1) is 45.8. The summed E-state index contributed by atoms with van der Waals surface area (Å²) in [4.78, 5) is 72.8. The minimum Gasteiger partial charge on any atom is -0.415 e. The van der Waals surface area contributed by atoms with Gasteiger partial charge in [-0.05, 0) is 73.4 Å². The van der Waals surface area contributed by atoms with Crippen LogP contribution < -0.4 is 22.0 Å². The average molecular weight is 888 g/mol. The molecule has 2 saturated heterocycles. The van der Waals surface area contributed by atoms with Crippen LogP contribution in [0.4, 0.5) is 0 Å². The molecular formula is C40H59BrN6O8Si2. The SMILES string of the molecule is CC(C)(C)[Si](C)(C)OCCn1c(=O)[nH]c2ccccc21.CC(C)(C)[Si](C)(C)OCCn1c(=O)n(C2CCC(=O)NC2=O)c2ccccc21.O=C1CCC(Br)C(=O)N1. The summed E-state index contributed by atoms with van der Waals surface area (Å²) in [7, 11) is -3.66. The van der Waals surface area contributed by atoms with E-state index in [1.54, 1.807) is 9.13 Å². The molecule has 0 spiro atoms. The van der Waals surface area contributed by atoms with Crippen LogP contribution in [0.15, 0.2) is 58.1 Å². The number of alkyl halides is 1. The van der Waals surface area contributed by atoms with E-state index >= 15 is 0 Å². The fraction of sp³-hybridized carbons (Fsp3) is 0.550. The number of hydrogen-bond donors (Lipinski definition) is 3. The first-order valence-corrected chi connectivity index (χ1v) is 26.1. The van der Waals surface area contributed by atoms with Crippen LogP contribution in [-0.2, 0) is 41.1 Å². The number of aromatic amines is 1. The van der Waals surface area contributed by atoms with Gasteiger partial charge in [-0.2, -0.15) is 0 Å². The molecule has 4 heterocycles. The lowest BCUT2D eigenvalue weighted by atomic mass is 10.1. The number of nitrogens with one attached hydrogen (secondary N) is 3. The largest absolute Gasteiger partial charge is 0.415 e. The van der Waals surface area contributed by atoms with Crippen molar-refractivity contribution in [3.05, 3.63) is 69.5 Å². The van der Waals surface area contributed by atoms with Gasteiger partial charge in [0.1, 0.15) is 6.04 Å². The molecule has 4 amide bonds. The maximum absolute atomic E-state index is 13.2. The van der Waals surface area contributed by atoms with Crippen molar-refractivity contribution in [2.24, 2.45) is 0 Å². The van der Waals surface area contributed by atoms with Gasteiger partial charge in [-0.25, -0.2) is 9.59 Å². The van der Waals surface area contributed by atoms with Crippen molar-refractivity contribution in [1.29, 1.82) is 0 Å². The summed E-state index contributed by atoms with van der Waals surface area (Å²) < 4.78 is 17.3. The number of rotatable bonds is 9. The van der Waals surface area contributed by atoms with Crippen LogP contribution >= 0.6 is 15.9 Å². The Morgan fingerprint density at radius 2 is 1.14 bits per heavy atom. The zero-order valence-electron chi connectivity index (χ0n) is 34.9. The molecule has 2 aliphatic rings. The van der Waals surface area contributed by atoms with Crippen LogP contribution in [0.3, 0.4) is 0 Å². The normalized spacial score (nSPS) is 18.1. The molecule has 2 atom stereocenters. The highest BCUT2D eigenvalue weighted by Gasteiger charge is 2.38. The number of benzene rings is 2. The Bertz CT molecular complexity index is 2210. The van der Waals surface area contributed by atoms with Crippen LogP contribution in [0.5, 0.6) is 0 Å². The summed E-state index contributed by atoms with van der Waals surface area (Å²) in [5, 5.41) is 4.84. The molecule has 2 aromatic heterocycles. The van der Waals surface area contributed by atoms with E-state index in [9.17, 15) is 28.8 Å². The number of imidazole rings is 2. The molecule has 3 N–H and O–H groups in total. The lowest BCUT2D eigenvalue weighted by molar-refractivity contribution is -0.136. The molecule has 312 valence electrons. The number of carbonyl (C=O) groups is 4. The Balaban J connectivity index is 0.000000215. The third-order valence-electron chi connectivity index (χ3n) is 11.4. The third kappa shape index (κ3) is 11.2. The molecule has 6 rings (SSSR count). The Morgan fingerprint density at radius 3 is 1.65 bits per heavy atom. The van der Waals surface area contributed by atoms with Gasteiger partial charge in [0.2, 0.25) is 23.6 Å². The van der Waals surface area contributed by atoms with Gasteiger partial charge < -0.3 is 13.8 Å². The second-order valence-electron chi connectivity index (χ2n) is 17.5. The van der Waals surface area contributed by atoms with E-state index in [4.69, 9.17) is 8.85 Å². The molecule has 14 nitrogen and oxygen atoms in total. The number of amides is 4. The van der Waals surface area contributed by atoms with E-state index in [-0.39, 0.29) is 50.4 Å². The number of para-hydroxylation sites is 4. The number of H-pyrrole nitrogens is 1. The van der Waals surface area contributed by atoms with Gasteiger partial charge in [0.15, 0.2) is 16.6 Å². The molecule has 2 aliphatic heterocycles. The van der Waals surface area contributed by atoms with E-state index in [1.807, 2.05) is 48.5 Å². The van der Waals surface area contributed by atoms with Crippen LogP contribution in [-0.4, -0.2) is 77.0 Å². The lowest BCUT2D eigenvalue weighted by Crippen LogP contribution is -2.45. The van der Waals surface area contributed by atoms with E-state index in [0.29, 0.717) is 51.1 Å². The predicted molar refractivity (Wildman–Crippen MR) is 232 cm³/mol. The number of imide groups is 2. The topological polar surface area (TPSA) is 176 Å². The van der Waals surface area contributed by atoms with Crippen LogP contribution in [0.25, 0.3) is 22.1 Å². The number of halogens is 1. The van der Waals surface area contributed by atoms with Gasteiger partial charge in [0.05, 0.1) is 40.1 Å². The van der Waals surface area contributed by atoms with Gasteiger partial charge in [-0.1, -0.05) is 81.7 Å². The van der Waals surface area contributed by atoms with Gasteiger partial charge >= 0.3 is 11.4 Å². The lowest BCUT2D eigenvalue weighted by Gasteiger charge is -2.36. The zero-order chi connectivity index (χ0) is 42.5. The maximum Gasteiger partial charge on any atom is 0.329 e. The van der Waals surface area contributed by atoms with E-state index < -0.39 is 28.6 Å². The van der Waals surface area contributed by atoms with Crippen molar-refractivity contribution in [3.63, 3.8) is 0 Å². The van der Waals surface area contributed by atoms with Gasteiger partial charge in [-0.15, -0.1) is 0 Å². The highest BCUT2D eigenvalue weighted by Crippen LogP contribution is 2.37. The Hall–Kier alpha value is -3.91. The predicted octanol–water partition coefficient (Wildman–Crippen LogP) is 6.34. The smallest absolute Gasteiger partial charge is 0.329 e. The first-order valence-electron chi connectivity index (χ1n) is 19.4. The van der Waals surface area contributed by atoms with Crippen LogP contribution in [0, 0.1) is 0 Å². The van der Waals surface area contributed by atoms with Crippen molar-refractivity contribution in [1.82, 2.24) is 29.3 Å². The quantitative estimate of drug-likeness (QED) is 0.0992. The van der Waals surface area contributed by atoms with Gasteiger partial charge in [0.25, 0.3) is 0 Å². The monoisotopic (exact) mass is 886 g/mol. The summed E-state index contributed by atoms with van der Waals surface area (Å²) in [5.41, 5.74) is 2.99. The minimum absolute atomic E-state index is 0.0648. The van der Waals surface area contributed by atoms with Crippen molar-refractivity contribution >= 4 is 78.3 Å². The summed E-state index contributed by atoms with van der Waals surface area (Å²) in [6.45, 7) is 24.1. The second kappa shape index (κ2) is 18.3. The molecule has 0 bridgehead atoms. The van der Waals surface area contributed by atoms with E-state index in [1.165, 1.54) is 4.57 Å². The minimum atomic E-state index is -1.91. The molecule has 0 radical (unpaired) electrons. The second-order valence-corrected chi connectivity index (χ2v) is 28.2. The summed E-state index contributed by atoms with van der Waals surface area (Å²) in [6.07, 6.45) is 1.63. The highest BCUT2D eigenvalue weighted by molar-refractivity contribution is 9.10. The van der Waals surface area contributed by atoms with Gasteiger partial charge in [0, 0.05) is 25.9 Å². The van der Waals surface area contributed by atoms with E-state index in [2.05, 4.69) is 99.3 Å². The van der Waals surface area contributed by atoms with Crippen molar-refractivity contribution in [2.45, 2.75) is 127 Å². The fourth-order valence-electron chi connectivity index (χ4n) is 5.89. The first-order chi connectivity index (χ1) is 26.4. The number of nitrogens with zero attached hydrogens (tertiary/aromatic N) is 3. The van der Waals surface area contributed by atoms with E-state index in [0.717, 1.165) is 16.6 Å². The standard InChI is InChI=1S/C20H29N3O4Si.C15H24N2O2Si.C5H6BrNO2/c1-20(2,3)28(4,5)27-13-12-22-14-8-6-7-9-15(14)23(19(22)26)16-10-11-17(24)21-18(16)25;1-15(2,3)20(4,5)19-11-10-17-13-9-7-6-8-12(13)16-14(17)18;6-3-1-2-4(8)7-5(3)9/h6-9,16H,10-13H2,1-5H3,(H,21,24,25);6-9H,10-11H2,1-5H3,(H,16,18);3H,1-2H2,(H,7,8,9). The Kier molecular flexibility index (Phi) is 14.7. The molecule has 0 aliphatic carbocycles. The molecule has 57 heavy (non-hydrogen) atoms. The average Bonchev–Trinajstić information content (AvgIpc) is 3.58. The number of piperidine rings is 2. The van der Waals surface area contributed by atoms with Crippen LogP contribution in [0.1, 0.15) is 73.3 Å². The molecule has 0 saturated carbocycles. The molecule has 17 heteroatoms. The molecule has 4 aromatic rings. The number of hydrogen-bond acceptors (Lipinski definition) is 8. The van der Waals surface area contributed by atoms with Crippen molar-refractivity contribution in [3.8, 4) is 0 Å². The summed E-state index contributed by atoms with van der Waals surface area (Å²) in [5.74, 6) is -1.10. The fourth-order valence-corrected chi connectivity index (χ4v) is 8.30. The highest BCUT2D eigenvalue weighted by atomic mass is 79.9. The Labute approximate surface area is 344 Å². The molecule has 2 unspecified atom stereocenters. The number of aromatic nitrogens is 4. The molecule has 2 aromatic carbocycles. The molecule has 2 fully saturated rings. The van der Waals surface area contributed by atoms with Gasteiger partial charge in [-0.3, -0.25) is 43.5 Å². The summed E-state index contributed by atoms with van der Waals surface area (Å²) in [6, 6.07) is 14.5. The van der Waals surface area contributed by atoms with Crippen LogP contribution in [0.2, 0.25) is 36.3 Å². The number of fused-ring (bicyclic) bond motifs is 2. The number of carbonyl (C=O) groups excluding carboxylic acids is 4. The molecular weight excluding hydrogens is 829 g/mol. The summed E-state index contributed by atoms with van der Waals surface area (Å²) >= 11 is 3.12. The maximum atomic E-state index is 13.2.